The minimum atomic E-state index is -0.986. The highest BCUT2D eigenvalue weighted by Gasteiger charge is 2.16. The quantitative estimate of drug-likeness (QED) is 0.702. The highest BCUT2D eigenvalue weighted by Crippen LogP contribution is 2.08. The van der Waals surface area contributed by atoms with Crippen LogP contribution in [0.2, 0.25) is 0 Å². The second-order valence-electron chi connectivity index (χ2n) is 4.12. The highest BCUT2D eigenvalue weighted by molar-refractivity contribution is 5.92. The van der Waals surface area contributed by atoms with Crippen LogP contribution in [0, 0.1) is 5.82 Å². The zero-order valence-corrected chi connectivity index (χ0v) is 10.6. The van der Waals surface area contributed by atoms with E-state index in [1.54, 1.807) is 6.07 Å². The average molecular weight is 268 g/mol. The van der Waals surface area contributed by atoms with Gasteiger partial charge in [-0.3, -0.25) is 14.9 Å². The van der Waals surface area contributed by atoms with Crippen LogP contribution in [0.1, 0.15) is 19.8 Å². The van der Waals surface area contributed by atoms with Crippen LogP contribution in [0.5, 0.6) is 0 Å². The van der Waals surface area contributed by atoms with Crippen LogP contribution in [-0.4, -0.2) is 29.6 Å². The molecule has 1 atom stereocenters. The zero-order valence-electron chi connectivity index (χ0n) is 10.6. The number of anilines is 1. The minimum absolute atomic E-state index is 0.131. The van der Waals surface area contributed by atoms with Gasteiger partial charge in [0, 0.05) is 5.69 Å². The number of carboxylic acids is 1. The molecule has 0 saturated heterocycles. The highest BCUT2D eigenvalue weighted by atomic mass is 19.1. The molecule has 6 heteroatoms. The molecular formula is C13H17FN2O3. The van der Waals surface area contributed by atoms with Gasteiger partial charge in [-0.25, -0.2) is 4.39 Å². The van der Waals surface area contributed by atoms with E-state index in [-0.39, 0.29) is 6.54 Å². The fourth-order valence-corrected chi connectivity index (χ4v) is 1.59. The molecule has 1 amide bonds. The maximum absolute atomic E-state index is 12.9. The third-order valence-corrected chi connectivity index (χ3v) is 2.49. The van der Waals surface area contributed by atoms with E-state index in [0.29, 0.717) is 18.5 Å². The number of halogens is 1. The van der Waals surface area contributed by atoms with Gasteiger partial charge in [0.05, 0.1) is 6.54 Å². The molecule has 5 nitrogen and oxygen atoms in total. The number of hydrogen-bond donors (Lipinski definition) is 3. The second-order valence-corrected chi connectivity index (χ2v) is 4.12. The summed E-state index contributed by atoms with van der Waals surface area (Å²) in [7, 11) is 0. The molecule has 1 aromatic rings. The van der Waals surface area contributed by atoms with Gasteiger partial charge in [0.25, 0.3) is 0 Å². The molecule has 0 spiro atoms. The molecular weight excluding hydrogens is 251 g/mol. The molecule has 0 radical (unpaired) electrons. The predicted molar refractivity (Wildman–Crippen MR) is 69.4 cm³/mol. The number of benzene rings is 1. The Hall–Kier alpha value is -1.95. The number of hydrogen-bond acceptors (Lipinski definition) is 3. The van der Waals surface area contributed by atoms with Crippen molar-refractivity contribution in [1.82, 2.24) is 5.32 Å². The van der Waals surface area contributed by atoms with E-state index in [4.69, 9.17) is 5.11 Å². The normalized spacial score (nSPS) is 11.9. The van der Waals surface area contributed by atoms with Gasteiger partial charge in [-0.2, -0.15) is 0 Å². The SMILES string of the molecule is CCC[C@@H](NCC(=O)Nc1cccc(F)c1)C(=O)O. The number of carboxylic acid groups (broad SMARTS) is 1. The van der Waals surface area contributed by atoms with E-state index in [1.165, 1.54) is 18.2 Å². The summed E-state index contributed by atoms with van der Waals surface area (Å²) in [6.45, 7) is 1.73. The molecule has 19 heavy (non-hydrogen) atoms. The Morgan fingerprint density at radius 2 is 2.16 bits per heavy atom. The fourth-order valence-electron chi connectivity index (χ4n) is 1.59. The number of carbonyl (C=O) groups excluding carboxylic acids is 1. The first-order valence-corrected chi connectivity index (χ1v) is 6.04. The standard InChI is InChI=1S/C13H17FN2O3/c1-2-4-11(13(18)19)15-8-12(17)16-10-6-3-5-9(14)7-10/h3,5-7,11,15H,2,4,8H2,1H3,(H,16,17)(H,18,19)/t11-/m1/s1. The van der Waals surface area contributed by atoms with Gasteiger partial charge in [0.2, 0.25) is 5.91 Å². The number of nitrogens with one attached hydrogen (secondary N) is 2. The Morgan fingerprint density at radius 3 is 2.74 bits per heavy atom. The summed E-state index contributed by atoms with van der Waals surface area (Å²) in [5.41, 5.74) is 0.342. The first kappa shape index (κ1) is 15.1. The average Bonchev–Trinajstić information content (AvgIpc) is 2.34. The molecule has 1 rings (SSSR count). The first-order valence-electron chi connectivity index (χ1n) is 6.04. The molecule has 0 fully saturated rings. The van der Waals surface area contributed by atoms with E-state index >= 15 is 0 Å². The summed E-state index contributed by atoms with van der Waals surface area (Å²) in [5.74, 6) is -1.84. The van der Waals surface area contributed by atoms with Crippen LogP contribution < -0.4 is 10.6 Å². The van der Waals surface area contributed by atoms with Crippen molar-refractivity contribution in [3.8, 4) is 0 Å². The Labute approximate surface area is 110 Å². The van der Waals surface area contributed by atoms with Gasteiger partial charge in [-0.05, 0) is 24.6 Å². The maximum Gasteiger partial charge on any atom is 0.320 e. The van der Waals surface area contributed by atoms with E-state index in [0.717, 1.165) is 0 Å². The molecule has 1 aromatic carbocycles. The lowest BCUT2D eigenvalue weighted by Gasteiger charge is -2.13. The van der Waals surface area contributed by atoms with Crippen molar-refractivity contribution >= 4 is 17.6 Å². The topological polar surface area (TPSA) is 78.4 Å². The molecule has 0 aromatic heterocycles. The summed E-state index contributed by atoms with van der Waals surface area (Å²) >= 11 is 0. The number of carbonyl (C=O) groups is 2. The van der Waals surface area contributed by atoms with Gasteiger partial charge in [0.1, 0.15) is 11.9 Å². The molecule has 0 aliphatic rings. The van der Waals surface area contributed by atoms with Crippen LogP contribution in [-0.2, 0) is 9.59 Å². The third kappa shape index (κ3) is 5.48. The molecule has 0 aliphatic heterocycles. The summed E-state index contributed by atoms with van der Waals surface area (Å²) in [5, 5.41) is 14.0. The fraction of sp³-hybridized carbons (Fsp3) is 0.385. The zero-order chi connectivity index (χ0) is 14.3. The third-order valence-electron chi connectivity index (χ3n) is 2.49. The Balaban J connectivity index is 2.45. The van der Waals surface area contributed by atoms with Gasteiger partial charge in [-0.1, -0.05) is 19.4 Å². The van der Waals surface area contributed by atoms with Crippen molar-refractivity contribution in [3.05, 3.63) is 30.1 Å². The second kappa shape index (κ2) is 7.48. The van der Waals surface area contributed by atoms with Crippen LogP contribution >= 0.6 is 0 Å². The van der Waals surface area contributed by atoms with E-state index in [2.05, 4.69) is 10.6 Å². The lowest BCUT2D eigenvalue weighted by molar-refractivity contribution is -0.139. The van der Waals surface area contributed by atoms with Crippen molar-refractivity contribution in [1.29, 1.82) is 0 Å². The van der Waals surface area contributed by atoms with Gasteiger partial charge in [-0.15, -0.1) is 0 Å². The Bertz CT molecular complexity index is 451. The van der Waals surface area contributed by atoms with E-state index in [9.17, 15) is 14.0 Å². The summed E-state index contributed by atoms with van der Waals surface area (Å²) in [6.07, 6.45) is 1.15. The number of rotatable bonds is 7. The first-order chi connectivity index (χ1) is 9.02. The van der Waals surface area contributed by atoms with Crippen molar-refractivity contribution in [2.75, 3.05) is 11.9 Å². The molecule has 0 bridgehead atoms. The van der Waals surface area contributed by atoms with Crippen LogP contribution in [0.15, 0.2) is 24.3 Å². The largest absolute Gasteiger partial charge is 0.480 e. The maximum atomic E-state index is 12.9. The Kier molecular flexibility index (Phi) is 5.95. The van der Waals surface area contributed by atoms with Gasteiger partial charge in [0.15, 0.2) is 0 Å². The van der Waals surface area contributed by atoms with Gasteiger partial charge < -0.3 is 10.4 Å². The van der Waals surface area contributed by atoms with Crippen LogP contribution in [0.25, 0.3) is 0 Å². The van der Waals surface area contributed by atoms with Crippen LogP contribution in [0.3, 0.4) is 0 Å². The lowest BCUT2D eigenvalue weighted by atomic mass is 10.2. The monoisotopic (exact) mass is 268 g/mol. The van der Waals surface area contributed by atoms with Crippen LogP contribution in [0.4, 0.5) is 10.1 Å². The summed E-state index contributed by atoms with van der Waals surface area (Å²) in [6, 6.07) is 4.76. The Morgan fingerprint density at radius 1 is 1.42 bits per heavy atom. The van der Waals surface area contributed by atoms with Crippen molar-refractivity contribution in [2.45, 2.75) is 25.8 Å². The summed E-state index contributed by atoms with van der Waals surface area (Å²) in [4.78, 5) is 22.4. The summed E-state index contributed by atoms with van der Waals surface area (Å²) < 4.78 is 12.9. The van der Waals surface area contributed by atoms with Gasteiger partial charge >= 0.3 is 5.97 Å². The van der Waals surface area contributed by atoms with Crippen molar-refractivity contribution < 1.29 is 19.1 Å². The number of amides is 1. The smallest absolute Gasteiger partial charge is 0.320 e. The molecule has 3 N–H and O–H groups in total. The molecule has 0 saturated carbocycles. The van der Waals surface area contributed by atoms with E-state index in [1.807, 2.05) is 6.92 Å². The number of aliphatic carboxylic acids is 1. The van der Waals surface area contributed by atoms with Crippen molar-refractivity contribution in [2.24, 2.45) is 0 Å². The predicted octanol–water partition coefficient (Wildman–Crippen LogP) is 1.61. The lowest BCUT2D eigenvalue weighted by Crippen LogP contribution is -2.41. The molecule has 104 valence electrons. The minimum Gasteiger partial charge on any atom is -0.480 e. The molecule has 0 unspecified atom stereocenters. The van der Waals surface area contributed by atoms with Crippen molar-refractivity contribution in [3.63, 3.8) is 0 Å². The molecule has 0 aliphatic carbocycles. The van der Waals surface area contributed by atoms with E-state index < -0.39 is 23.7 Å². The molecule has 0 heterocycles.